The van der Waals surface area contributed by atoms with Crippen LogP contribution in [0.4, 0.5) is 5.82 Å². The lowest BCUT2D eigenvalue weighted by Gasteiger charge is -2.15. The van der Waals surface area contributed by atoms with Gasteiger partial charge in [-0.1, -0.05) is 30.3 Å². The first-order valence-electron chi connectivity index (χ1n) is 8.95. The minimum absolute atomic E-state index is 0.0437. The molecule has 0 fully saturated rings. The van der Waals surface area contributed by atoms with Crippen molar-refractivity contribution in [2.75, 3.05) is 5.32 Å². The molecule has 0 saturated heterocycles. The molecule has 0 aliphatic carbocycles. The van der Waals surface area contributed by atoms with Crippen LogP contribution in [0.15, 0.2) is 42.9 Å². The first kappa shape index (κ1) is 17.1. The Morgan fingerprint density at radius 2 is 1.89 bits per heavy atom. The van der Waals surface area contributed by atoms with Gasteiger partial charge in [0, 0.05) is 20.5 Å². The standard InChI is InChI=1S/C19H22N8/c1-13(18-25-20-12-26(18)2)22-17-15-11-21-27(3)19(15)24-16(23-17)10-9-14-7-5-4-6-8-14/h4-8,11-13H,9-10H2,1-3H3,(H,22,23,24)/t13-/m0/s1. The fourth-order valence-corrected chi connectivity index (χ4v) is 3.14. The van der Waals surface area contributed by atoms with Crippen molar-refractivity contribution >= 4 is 16.9 Å². The van der Waals surface area contributed by atoms with E-state index in [1.165, 1.54) is 5.56 Å². The van der Waals surface area contributed by atoms with Gasteiger partial charge in [0.15, 0.2) is 11.5 Å². The first-order valence-corrected chi connectivity index (χ1v) is 8.95. The number of nitrogens with zero attached hydrogens (tertiary/aromatic N) is 7. The highest BCUT2D eigenvalue weighted by Crippen LogP contribution is 2.24. The number of hydrogen-bond acceptors (Lipinski definition) is 6. The molecular weight excluding hydrogens is 340 g/mol. The van der Waals surface area contributed by atoms with E-state index in [-0.39, 0.29) is 6.04 Å². The summed E-state index contributed by atoms with van der Waals surface area (Å²) in [6, 6.07) is 10.3. The summed E-state index contributed by atoms with van der Waals surface area (Å²) in [4.78, 5) is 9.49. The van der Waals surface area contributed by atoms with Crippen molar-refractivity contribution in [3.05, 3.63) is 60.1 Å². The van der Waals surface area contributed by atoms with Gasteiger partial charge in [-0.05, 0) is 18.9 Å². The minimum atomic E-state index is -0.0437. The lowest BCUT2D eigenvalue weighted by Crippen LogP contribution is -2.14. The van der Waals surface area contributed by atoms with Crippen LogP contribution in [0.5, 0.6) is 0 Å². The fraction of sp³-hybridized carbons (Fsp3) is 0.316. The molecule has 1 atom stereocenters. The Morgan fingerprint density at radius 1 is 1.07 bits per heavy atom. The summed E-state index contributed by atoms with van der Waals surface area (Å²) in [6.07, 6.45) is 5.14. The SMILES string of the molecule is C[C@H](Nc1nc(CCc2ccccc2)nc2c1cnn2C)c1nncn1C. The van der Waals surface area contributed by atoms with Gasteiger partial charge < -0.3 is 9.88 Å². The number of anilines is 1. The van der Waals surface area contributed by atoms with E-state index in [1.807, 2.05) is 31.7 Å². The molecule has 138 valence electrons. The summed E-state index contributed by atoms with van der Waals surface area (Å²) < 4.78 is 3.68. The number of nitrogens with one attached hydrogen (secondary N) is 1. The molecule has 3 aromatic heterocycles. The van der Waals surface area contributed by atoms with E-state index >= 15 is 0 Å². The maximum absolute atomic E-state index is 4.78. The van der Waals surface area contributed by atoms with Crippen molar-refractivity contribution in [1.82, 2.24) is 34.5 Å². The van der Waals surface area contributed by atoms with Crippen molar-refractivity contribution < 1.29 is 0 Å². The third kappa shape index (κ3) is 3.51. The van der Waals surface area contributed by atoms with Crippen molar-refractivity contribution in [1.29, 1.82) is 0 Å². The molecule has 0 unspecified atom stereocenters. The average Bonchev–Trinajstić information content (AvgIpc) is 3.27. The Morgan fingerprint density at radius 3 is 2.63 bits per heavy atom. The summed E-state index contributed by atoms with van der Waals surface area (Å²) in [5.41, 5.74) is 2.09. The van der Waals surface area contributed by atoms with Gasteiger partial charge in [0.2, 0.25) is 0 Å². The number of benzene rings is 1. The van der Waals surface area contributed by atoms with Gasteiger partial charge in [0.1, 0.15) is 18.0 Å². The molecule has 0 saturated carbocycles. The molecule has 0 amide bonds. The molecule has 27 heavy (non-hydrogen) atoms. The summed E-state index contributed by atoms with van der Waals surface area (Å²) in [6.45, 7) is 2.04. The largest absolute Gasteiger partial charge is 0.360 e. The number of aromatic nitrogens is 7. The molecule has 0 bridgehead atoms. The van der Waals surface area contributed by atoms with E-state index in [1.54, 1.807) is 17.2 Å². The number of fused-ring (bicyclic) bond motifs is 1. The van der Waals surface area contributed by atoms with Crippen LogP contribution in [0.1, 0.15) is 30.2 Å². The smallest absolute Gasteiger partial charge is 0.163 e. The highest BCUT2D eigenvalue weighted by Gasteiger charge is 2.17. The predicted molar refractivity (Wildman–Crippen MR) is 103 cm³/mol. The average molecular weight is 362 g/mol. The van der Waals surface area contributed by atoms with E-state index in [4.69, 9.17) is 9.97 Å². The van der Waals surface area contributed by atoms with Gasteiger partial charge >= 0.3 is 0 Å². The zero-order valence-corrected chi connectivity index (χ0v) is 15.7. The van der Waals surface area contributed by atoms with Crippen LogP contribution in [0, 0.1) is 0 Å². The van der Waals surface area contributed by atoms with E-state index in [0.717, 1.165) is 41.3 Å². The maximum atomic E-state index is 4.78. The quantitative estimate of drug-likeness (QED) is 0.567. The lowest BCUT2D eigenvalue weighted by atomic mass is 10.1. The molecule has 1 N–H and O–H groups in total. The Balaban J connectivity index is 1.63. The highest BCUT2D eigenvalue weighted by molar-refractivity contribution is 5.86. The van der Waals surface area contributed by atoms with Crippen molar-refractivity contribution in [3.63, 3.8) is 0 Å². The molecule has 8 heteroatoms. The summed E-state index contributed by atoms with van der Waals surface area (Å²) >= 11 is 0. The second-order valence-electron chi connectivity index (χ2n) is 6.65. The van der Waals surface area contributed by atoms with Crippen LogP contribution >= 0.6 is 0 Å². The fourth-order valence-electron chi connectivity index (χ4n) is 3.14. The van der Waals surface area contributed by atoms with Gasteiger partial charge in [0.05, 0.1) is 17.6 Å². The Labute approximate surface area is 157 Å². The Bertz CT molecular complexity index is 1050. The van der Waals surface area contributed by atoms with Gasteiger partial charge in [-0.3, -0.25) is 4.68 Å². The van der Waals surface area contributed by atoms with Gasteiger partial charge in [-0.25, -0.2) is 9.97 Å². The Kier molecular flexibility index (Phi) is 4.53. The predicted octanol–water partition coefficient (Wildman–Crippen LogP) is 2.45. The minimum Gasteiger partial charge on any atom is -0.360 e. The number of hydrogen-bond donors (Lipinski definition) is 1. The molecule has 8 nitrogen and oxygen atoms in total. The normalized spacial score (nSPS) is 12.4. The molecule has 3 heterocycles. The van der Waals surface area contributed by atoms with Gasteiger partial charge in [0.25, 0.3) is 0 Å². The molecule has 0 aliphatic heterocycles. The molecule has 4 aromatic rings. The number of aryl methyl sites for hydroxylation is 4. The van der Waals surface area contributed by atoms with E-state index in [0.29, 0.717) is 0 Å². The third-order valence-electron chi connectivity index (χ3n) is 4.61. The molecule has 0 aliphatic rings. The Hall–Kier alpha value is -3.29. The van der Waals surface area contributed by atoms with Crippen LogP contribution in [0.2, 0.25) is 0 Å². The highest BCUT2D eigenvalue weighted by atomic mass is 15.3. The monoisotopic (exact) mass is 362 g/mol. The molecular formula is C19H22N8. The molecule has 4 rings (SSSR count). The third-order valence-corrected chi connectivity index (χ3v) is 4.61. The van der Waals surface area contributed by atoms with Crippen molar-refractivity contribution in [2.45, 2.75) is 25.8 Å². The summed E-state index contributed by atoms with van der Waals surface area (Å²) in [5, 5.41) is 16.8. The summed E-state index contributed by atoms with van der Waals surface area (Å²) in [7, 11) is 3.82. The van der Waals surface area contributed by atoms with Crippen molar-refractivity contribution in [3.8, 4) is 0 Å². The van der Waals surface area contributed by atoms with E-state index in [9.17, 15) is 0 Å². The topological polar surface area (TPSA) is 86.3 Å². The summed E-state index contributed by atoms with van der Waals surface area (Å²) in [5.74, 6) is 2.41. The molecule has 0 spiro atoms. The maximum Gasteiger partial charge on any atom is 0.163 e. The van der Waals surface area contributed by atoms with Crippen LogP contribution in [0.25, 0.3) is 11.0 Å². The van der Waals surface area contributed by atoms with E-state index < -0.39 is 0 Å². The molecule has 1 aromatic carbocycles. The molecule has 0 radical (unpaired) electrons. The van der Waals surface area contributed by atoms with Crippen LogP contribution in [-0.4, -0.2) is 34.5 Å². The van der Waals surface area contributed by atoms with E-state index in [2.05, 4.69) is 44.9 Å². The van der Waals surface area contributed by atoms with Gasteiger partial charge in [-0.2, -0.15) is 5.10 Å². The van der Waals surface area contributed by atoms with Gasteiger partial charge in [-0.15, -0.1) is 10.2 Å². The van der Waals surface area contributed by atoms with Crippen LogP contribution < -0.4 is 5.32 Å². The van der Waals surface area contributed by atoms with Crippen LogP contribution in [0.3, 0.4) is 0 Å². The number of rotatable bonds is 6. The van der Waals surface area contributed by atoms with Crippen LogP contribution in [-0.2, 0) is 26.9 Å². The zero-order chi connectivity index (χ0) is 18.8. The first-order chi connectivity index (χ1) is 13.1. The van der Waals surface area contributed by atoms with Crippen molar-refractivity contribution in [2.24, 2.45) is 14.1 Å². The lowest BCUT2D eigenvalue weighted by molar-refractivity contribution is 0.715. The second-order valence-corrected chi connectivity index (χ2v) is 6.65. The second kappa shape index (κ2) is 7.14. The zero-order valence-electron chi connectivity index (χ0n) is 15.7.